The molecule has 1 aromatic heterocycles. The predicted molar refractivity (Wildman–Crippen MR) is 274 cm³/mol. The normalized spacial score (nSPS) is 21.2. The fourth-order valence-electron chi connectivity index (χ4n) is 8.07. The third kappa shape index (κ3) is 19.7. The molecule has 1 saturated heterocycles. The van der Waals surface area contributed by atoms with Crippen molar-refractivity contribution in [2.24, 2.45) is 38.7 Å². The maximum atomic E-state index is 14.5. The predicted octanol–water partition coefficient (Wildman–Crippen LogP) is -3.40. The summed E-state index contributed by atoms with van der Waals surface area (Å²) in [6.07, 6.45) is 1.17. The van der Waals surface area contributed by atoms with Crippen molar-refractivity contribution in [1.82, 2.24) is 47.5 Å². The molecule has 0 radical (unpaired) electrons. The van der Waals surface area contributed by atoms with E-state index in [-0.39, 0.29) is 102 Å². The molecule has 26 nitrogen and oxygen atoms in total. The van der Waals surface area contributed by atoms with Gasteiger partial charge >= 0.3 is 5.97 Å². The number of nitrogens with one attached hydrogen (secondary N) is 9. The zero-order valence-electron chi connectivity index (χ0n) is 41.3. The number of para-hydroxylation sites is 1. The third-order valence-corrected chi connectivity index (χ3v) is 11.8. The van der Waals surface area contributed by atoms with Gasteiger partial charge in [-0.1, -0.05) is 48.5 Å². The molecule has 402 valence electrons. The summed E-state index contributed by atoms with van der Waals surface area (Å²) in [5.74, 6) is -8.32. The van der Waals surface area contributed by atoms with Gasteiger partial charge in [0.25, 0.3) is 0 Å². The Labute approximate surface area is 427 Å². The molecule has 2 aromatic carbocycles. The number of hydrogen-bond acceptors (Lipinski definition) is 12. The monoisotopic (exact) mass is 1030 g/mol. The van der Waals surface area contributed by atoms with Crippen LogP contribution in [0.1, 0.15) is 75.8 Å². The van der Waals surface area contributed by atoms with E-state index >= 15 is 0 Å². The van der Waals surface area contributed by atoms with Crippen molar-refractivity contribution in [2.45, 2.75) is 120 Å². The minimum Gasteiger partial charge on any atom is -0.480 e. The highest BCUT2D eigenvalue weighted by molar-refractivity contribution is 5.99. The van der Waals surface area contributed by atoms with Crippen LogP contribution in [0.15, 0.2) is 70.8 Å². The number of carbonyl (C=O) groups is 9. The highest BCUT2D eigenvalue weighted by Gasteiger charge is 2.35. The first kappa shape index (κ1) is 58.3. The summed E-state index contributed by atoms with van der Waals surface area (Å²) in [6, 6.07) is 5.89. The van der Waals surface area contributed by atoms with Gasteiger partial charge in [0.05, 0.1) is 6.42 Å². The van der Waals surface area contributed by atoms with Crippen LogP contribution in [0.3, 0.4) is 0 Å². The van der Waals surface area contributed by atoms with Gasteiger partial charge in [-0.3, -0.25) is 48.3 Å². The number of nitrogens with two attached hydrogens (primary N) is 5. The Balaban J connectivity index is 1.75. The Morgan fingerprint density at radius 3 is 1.95 bits per heavy atom. The van der Waals surface area contributed by atoms with E-state index in [9.17, 15) is 48.3 Å². The average molecular weight is 1030 g/mol. The SMILES string of the molecule is CC(=O)NC(CCCN=C(N)N)C(=O)N[C@H]1CC(=O)NCCCC[C@@H](C(=O)O)NC(=O)[C@H](Cc2c[nH]c3ccccc23)NC(=O)[C@H](CCCN=C(N)N)NC(=O)[C@@H](Cc2ccccc2)NC(=O)[C@H](CCN)NC1=O. The van der Waals surface area contributed by atoms with Crippen molar-refractivity contribution in [3.8, 4) is 0 Å². The van der Waals surface area contributed by atoms with Crippen LogP contribution in [0.5, 0.6) is 0 Å². The van der Waals surface area contributed by atoms with Crippen LogP contribution >= 0.6 is 0 Å². The van der Waals surface area contributed by atoms with E-state index < -0.39 is 102 Å². The van der Waals surface area contributed by atoms with Crippen molar-refractivity contribution < 1.29 is 48.3 Å². The van der Waals surface area contributed by atoms with Gasteiger partial charge < -0.3 is 81.3 Å². The molecule has 4 rings (SSSR count). The molecule has 20 N–H and O–H groups in total. The summed E-state index contributed by atoms with van der Waals surface area (Å²) in [5, 5.41) is 31.9. The quantitative estimate of drug-likeness (QED) is 0.0336. The van der Waals surface area contributed by atoms with Crippen LogP contribution in [0, 0.1) is 0 Å². The summed E-state index contributed by atoms with van der Waals surface area (Å²) < 4.78 is 0. The number of H-pyrrole nitrogens is 1. The molecular formula is C48H70N16O10. The fourth-order valence-corrected chi connectivity index (χ4v) is 8.07. The molecule has 8 amide bonds. The number of carbonyl (C=O) groups excluding carboxylic acids is 8. The molecule has 1 aliphatic rings. The zero-order chi connectivity index (χ0) is 54.2. The van der Waals surface area contributed by atoms with Crippen LogP contribution in [0.4, 0.5) is 0 Å². The van der Waals surface area contributed by atoms with E-state index in [1.54, 1.807) is 42.6 Å². The number of amides is 8. The summed E-state index contributed by atoms with van der Waals surface area (Å²) in [4.78, 5) is 135. The molecule has 0 aliphatic carbocycles. The number of aromatic nitrogens is 1. The van der Waals surface area contributed by atoms with E-state index in [2.05, 4.69) is 57.5 Å². The number of benzene rings is 2. The second kappa shape index (κ2) is 29.9. The van der Waals surface area contributed by atoms with Gasteiger partial charge in [-0.05, 0) is 75.1 Å². The zero-order valence-corrected chi connectivity index (χ0v) is 41.3. The molecular weight excluding hydrogens is 961 g/mol. The van der Waals surface area contributed by atoms with Crippen LogP contribution in [0.25, 0.3) is 10.9 Å². The van der Waals surface area contributed by atoms with Gasteiger partial charge in [0.15, 0.2) is 11.9 Å². The van der Waals surface area contributed by atoms with Gasteiger partial charge in [-0.25, -0.2) is 4.79 Å². The lowest BCUT2D eigenvalue weighted by atomic mass is 10.0. The largest absolute Gasteiger partial charge is 0.480 e. The summed E-state index contributed by atoms with van der Waals surface area (Å²) >= 11 is 0. The van der Waals surface area contributed by atoms with E-state index in [1.165, 1.54) is 6.92 Å². The minimum atomic E-state index is -1.64. The average Bonchev–Trinajstić information content (AvgIpc) is 3.76. The molecule has 0 spiro atoms. The summed E-state index contributed by atoms with van der Waals surface area (Å²) in [7, 11) is 0. The number of rotatable bonds is 18. The second-order valence-electron chi connectivity index (χ2n) is 17.7. The first-order valence-corrected chi connectivity index (χ1v) is 24.3. The van der Waals surface area contributed by atoms with Crippen molar-refractivity contribution in [3.63, 3.8) is 0 Å². The number of fused-ring (bicyclic) bond motifs is 1. The summed E-state index contributed by atoms with van der Waals surface area (Å²) in [6.45, 7) is 1.16. The van der Waals surface area contributed by atoms with Crippen LogP contribution < -0.4 is 71.2 Å². The third-order valence-electron chi connectivity index (χ3n) is 11.8. The van der Waals surface area contributed by atoms with Crippen LogP contribution in [0.2, 0.25) is 0 Å². The molecule has 2 heterocycles. The Morgan fingerprint density at radius 1 is 0.716 bits per heavy atom. The van der Waals surface area contributed by atoms with Crippen LogP contribution in [-0.2, 0) is 56.0 Å². The maximum Gasteiger partial charge on any atom is 0.326 e. The number of carboxylic acids is 1. The molecule has 7 atom stereocenters. The van der Waals surface area contributed by atoms with Crippen molar-refractivity contribution in [2.75, 3.05) is 26.2 Å². The highest BCUT2D eigenvalue weighted by Crippen LogP contribution is 2.20. The van der Waals surface area contributed by atoms with Gasteiger partial charge in [0.2, 0.25) is 47.3 Å². The number of aromatic amines is 1. The topological polar surface area (TPSA) is 441 Å². The number of nitrogens with zero attached hydrogens (tertiary/aromatic N) is 2. The molecule has 1 aliphatic heterocycles. The maximum absolute atomic E-state index is 14.5. The Bertz CT molecular complexity index is 2480. The highest BCUT2D eigenvalue weighted by atomic mass is 16.4. The first-order valence-electron chi connectivity index (χ1n) is 24.3. The molecule has 0 bridgehead atoms. The fraction of sp³-hybridized carbons (Fsp3) is 0.479. The first-order chi connectivity index (χ1) is 35.3. The number of aliphatic carboxylic acids is 1. The number of carboxylic acid groups (broad SMARTS) is 1. The van der Waals surface area contributed by atoms with E-state index in [0.717, 1.165) is 10.9 Å². The molecule has 1 fully saturated rings. The van der Waals surface area contributed by atoms with E-state index in [4.69, 9.17) is 28.7 Å². The summed E-state index contributed by atoms with van der Waals surface area (Å²) in [5.41, 5.74) is 29.8. The van der Waals surface area contributed by atoms with Gasteiger partial charge in [-0.15, -0.1) is 0 Å². The molecule has 26 heteroatoms. The number of aliphatic imine (C=N–C) groups is 2. The van der Waals surface area contributed by atoms with Crippen molar-refractivity contribution >= 4 is 76.0 Å². The van der Waals surface area contributed by atoms with Gasteiger partial charge in [0, 0.05) is 56.5 Å². The molecule has 3 aromatic rings. The molecule has 0 saturated carbocycles. The minimum absolute atomic E-state index is 0.0210. The number of guanidine groups is 2. The Morgan fingerprint density at radius 2 is 1.30 bits per heavy atom. The Kier molecular flexibility index (Phi) is 23.6. The lowest BCUT2D eigenvalue weighted by molar-refractivity contribution is -0.142. The van der Waals surface area contributed by atoms with E-state index in [1.807, 2.05) is 18.2 Å². The number of hydrogen-bond donors (Lipinski definition) is 15. The standard InChI is InChI=1S/C48H70N16O10/c1-27(65)58-32(16-9-21-55-47(50)51)40(67)64-38-25-39(66)54-20-8-7-15-35(46(73)74)61-44(71)37(24-29-26-57-31-14-6-5-13-30(29)31)63-41(68)33(17-10-22-56-48(52)53)59-43(70)36(23-28-11-3-2-4-12-28)62-42(69)34(18-19-49)60-45(38)72/h2-6,11-14,26,32-38,57H,7-10,15-25,49H2,1H3,(H,54,66)(H,58,65)(H,59,70)(H,60,72)(H,61,71)(H,62,69)(H,63,68)(H,64,67)(H,73,74)(H4,50,51,55)(H4,52,53,56)/t32?,33-,34-,35-,36+,37-,38-/m0/s1. The van der Waals surface area contributed by atoms with Gasteiger partial charge in [0.1, 0.15) is 42.3 Å². The molecule has 1 unspecified atom stereocenters. The molecule has 74 heavy (non-hydrogen) atoms. The lowest BCUT2D eigenvalue weighted by Gasteiger charge is -2.28. The van der Waals surface area contributed by atoms with Crippen molar-refractivity contribution in [3.05, 3.63) is 71.9 Å². The second-order valence-corrected chi connectivity index (χ2v) is 17.7. The smallest absolute Gasteiger partial charge is 0.326 e. The van der Waals surface area contributed by atoms with Gasteiger partial charge in [-0.2, -0.15) is 0 Å². The Hall–Kier alpha value is -8.29. The van der Waals surface area contributed by atoms with Crippen LogP contribution in [-0.4, -0.2) is 144 Å². The lowest BCUT2D eigenvalue weighted by Crippen LogP contribution is -2.60. The van der Waals surface area contributed by atoms with E-state index in [0.29, 0.717) is 11.1 Å². The van der Waals surface area contributed by atoms with Crippen molar-refractivity contribution in [1.29, 1.82) is 0 Å².